The molecule has 0 heterocycles. The zero-order chi connectivity index (χ0) is 19.1. The predicted octanol–water partition coefficient (Wildman–Crippen LogP) is 5.00. The topological polar surface area (TPSA) is 39.7 Å². The lowest BCUT2D eigenvalue weighted by molar-refractivity contribution is 0.271. The smallest absolute Gasteiger partial charge is 0.160 e. The Morgan fingerprint density at radius 1 is 1.00 bits per heavy atom. The summed E-state index contributed by atoms with van der Waals surface area (Å²) >= 11 is 6.07. The van der Waals surface area contributed by atoms with Crippen LogP contribution in [0.3, 0.4) is 0 Å². The number of benzene rings is 2. The minimum absolute atomic E-state index is 0. The standard InChI is InChI=1S/C21H28ClNO3.ClH/c1-14-10-18(22)11-15(2)21(14)26-13-16(3)23-9-8-17-6-7-19(24-4)20(12-17)25-5;/h6-7,10-12,16,23H,8-9,13H2,1-5H3;1H. The lowest BCUT2D eigenvalue weighted by atomic mass is 10.1. The van der Waals surface area contributed by atoms with Gasteiger partial charge in [-0.15, -0.1) is 12.4 Å². The number of aryl methyl sites for hydroxylation is 2. The summed E-state index contributed by atoms with van der Waals surface area (Å²) in [4.78, 5) is 0. The third-order valence-electron chi connectivity index (χ3n) is 4.26. The van der Waals surface area contributed by atoms with E-state index in [-0.39, 0.29) is 18.4 Å². The molecule has 0 fully saturated rings. The van der Waals surface area contributed by atoms with Gasteiger partial charge in [-0.25, -0.2) is 0 Å². The Balaban J connectivity index is 0.00000364. The highest BCUT2D eigenvalue weighted by atomic mass is 35.5. The van der Waals surface area contributed by atoms with Gasteiger partial charge >= 0.3 is 0 Å². The Morgan fingerprint density at radius 3 is 2.22 bits per heavy atom. The third-order valence-corrected chi connectivity index (χ3v) is 4.48. The first-order valence-corrected chi connectivity index (χ1v) is 9.16. The van der Waals surface area contributed by atoms with E-state index < -0.39 is 0 Å². The van der Waals surface area contributed by atoms with Gasteiger partial charge in [0.05, 0.1) is 14.2 Å². The molecule has 0 bridgehead atoms. The molecule has 27 heavy (non-hydrogen) atoms. The van der Waals surface area contributed by atoms with E-state index in [4.69, 9.17) is 25.8 Å². The Labute approximate surface area is 173 Å². The average molecular weight is 414 g/mol. The van der Waals surface area contributed by atoms with Gasteiger partial charge in [-0.2, -0.15) is 0 Å². The molecule has 0 aliphatic heterocycles. The maximum atomic E-state index is 6.07. The van der Waals surface area contributed by atoms with Crippen LogP contribution in [-0.4, -0.2) is 33.4 Å². The van der Waals surface area contributed by atoms with Crippen molar-refractivity contribution in [2.75, 3.05) is 27.4 Å². The predicted molar refractivity (Wildman–Crippen MR) is 114 cm³/mol. The molecule has 0 radical (unpaired) electrons. The van der Waals surface area contributed by atoms with Gasteiger partial charge in [0.1, 0.15) is 12.4 Å². The molecule has 2 aromatic carbocycles. The third kappa shape index (κ3) is 6.80. The van der Waals surface area contributed by atoms with Crippen LogP contribution >= 0.6 is 24.0 Å². The average Bonchev–Trinajstić information content (AvgIpc) is 2.60. The number of methoxy groups -OCH3 is 2. The molecular formula is C21H29Cl2NO3. The highest BCUT2D eigenvalue weighted by Crippen LogP contribution is 2.28. The van der Waals surface area contributed by atoms with Crippen LogP contribution in [0.1, 0.15) is 23.6 Å². The summed E-state index contributed by atoms with van der Waals surface area (Å²) in [5, 5.41) is 4.24. The van der Waals surface area contributed by atoms with Crippen LogP contribution in [0.2, 0.25) is 5.02 Å². The van der Waals surface area contributed by atoms with Gasteiger partial charge in [-0.05, 0) is 74.7 Å². The molecule has 6 heteroatoms. The molecule has 0 saturated heterocycles. The molecule has 0 amide bonds. The number of ether oxygens (including phenoxy) is 3. The van der Waals surface area contributed by atoms with Gasteiger partial charge in [0.15, 0.2) is 11.5 Å². The highest BCUT2D eigenvalue weighted by molar-refractivity contribution is 6.30. The molecule has 2 aromatic rings. The lowest BCUT2D eigenvalue weighted by Gasteiger charge is -2.18. The second kappa shape index (κ2) is 11.3. The normalized spacial score (nSPS) is 11.5. The maximum absolute atomic E-state index is 6.07. The second-order valence-electron chi connectivity index (χ2n) is 6.47. The van der Waals surface area contributed by atoms with Crippen molar-refractivity contribution in [1.82, 2.24) is 5.32 Å². The van der Waals surface area contributed by atoms with E-state index >= 15 is 0 Å². The van der Waals surface area contributed by atoms with E-state index in [0.29, 0.717) is 6.61 Å². The summed E-state index contributed by atoms with van der Waals surface area (Å²) in [6.07, 6.45) is 0.906. The largest absolute Gasteiger partial charge is 0.493 e. The van der Waals surface area contributed by atoms with Crippen molar-refractivity contribution in [3.05, 3.63) is 52.0 Å². The zero-order valence-electron chi connectivity index (χ0n) is 16.6. The first-order chi connectivity index (χ1) is 12.4. The number of rotatable bonds is 9. The molecule has 1 atom stereocenters. The van der Waals surface area contributed by atoms with E-state index in [1.807, 2.05) is 38.1 Å². The fourth-order valence-corrected chi connectivity index (χ4v) is 3.22. The molecule has 150 valence electrons. The van der Waals surface area contributed by atoms with Crippen LogP contribution in [0.4, 0.5) is 0 Å². The zero-order valence-corrected chi connectivity index (χ0v) is 18.2. The summed E-state index contributed by atoms with van der Waals surface area (Å²) in [6.45, 7) is 7.62. The molecule has 0 aliphatic carbocycles. The highest BCUT2D eigenvalue weighted by Gasteiger charge is 2.09. The Hall–Kier alpha value is -1.62. The van der Waals surface area contributed by atoms with Gasteiger partial charge in [-0.1, -0.05) is 17.7 Å². The van der Waals surface area contributed by atoms with Gasteiger partial charge in [0, 0.05) is 11.1 Å². The fraction of sp³-hybridized carbons (Fsp3) is 0.429. The molecular weight excluding hydrogens is 385 g/mol. The minimum Gasteiger partial charge on any atom is -0.493 e. The van der Waals surface area contributed by atoms with Crippen molar-refractivity contribution in [2.24, 2.45) is 0 Å². The van der Waals surface area contributed by atoms with Crippen molar-refractivity contribution >= 4 is 24.0 Å². The van der Waals surface area contributed by atoms with Crippen molar-refractivity contribution in [2.45, 2.75) is 33.2 Å². The van der Waals surface area contributed by atoms with Crippen LogP contribution < -0.4 is 19.5 Å². The molecule has 0 spiro atoms. The van der Waals surface area contributed by atoms with E-state index in [9.17, 15) is 0 Å². The molecule has 0 aliphatic rings. The van der Waals surface area contributed by atoms with Crippen LogP contribution in [0, 0.1) is 13.8 Å². The molecule has 1 unspecified atom stereocenters. The Morgan fingerprint density at radius 2 is 1.63 bits per heavy atom. The summed E-state index contributed by atoms with van der Waals surface area (Å²) < 4.78 is 16.6. The monoisotopic (exact) mass is 413 g/mol. The van der Waals surface area contributed by atoms with Crippen LogP contribution in [0.25, 0.3) is 0 Å². The Kier molecular flexibility index (Phi) is 9.78. The van der Waals surface area contributed by atoms with Crippen molar-refractivity contribution in [3.8, 4) is 17.2 Å². The quantitative estimate of drug-likeness (QED) is 0.627. The molecule has 1 N–H and O–H groups in total. The minimum atomic E-state index is 0. The summed E-state index contributed by atoms with van der Waals surface area (Å²) in [5.74, 6) is 2.43. The van der Waals surface area contributed by atoms with E-state index in [1.54, 1.807) is 14.2 Å². The van der Waals surface area contributed by atoms with Gasteiger partial charge in [-0.3, -0.25) is 0 Å². The maximum Gasteiger partial charge on any atom is 0.160 e. The number of hydrogen-bond acceptors (Lipinski definition) is 4. The summed E-state index contributed by atoms with van der Waals surface area (Å²) in [6, 6.07) is 10.1. The first kappa shape index (κ1) is 23.4. The van der Waals surface area contributed by atoms with Crippen molar-refractivity contribution in [3.63, 3.8) is 0 Å². The van der Waals surface area contributed by atoms with Crippen molar-refractivity contribution < 1.29 is 14.2 Å². The van der Waals surface area contributed by atoms with Crippen LogP contribution in [-0.2, 0) is 6.42 Å². The molecule has 2 rings (SSSR count). The van der Waals surface area contributed by atoms with Gasteiger partial charge in [0.25, 0.3) is 0 Å². The summed E-state index contributed by atoms with van der Waals surface area (Å²) in [7, 11) is 3.30. The first-order valence-electron chi connectivity index (χ1n) is 8.78. The lowest BCUT2D eigenvalue weighted by Crippen LogP contribution is -2.33. The molecule has 0 aromatic heterocycles. The van der Waals surface area contributed by atoms with E-state index in [1.165, 1.54) is 5.56 Å². The SMILES string of the molecule is COc1ccc(CCNC(C)COc2c(C)cc(Cl)cc2C)cc1OC.Cl. The number of hydrogen-bond donors (Lipinski definition) is 1. The summed E-state index contributed by atoms with van der Waals surface area (Å²) in [5.41, 5.74) is 3.33. The van der Waals surface area contributed by atoms with Gasteiger partial charge in [0.2, 0.25) is 0 Å². The molecule has 4 nitrogen and oxygen atoms in total. The van der Waals surface area contributed by atoms with E-state index in [2.05, 4.69) is 18.3 Å². The molecule has 0 saturated carbocycles. The Bertz CT molecular complexity index is 714. The van der Waals surface area contributed by atoms with Crippen LogP contribution in [0.5, 0.6) is 17.2 Å². The number of nitrogens with one attached hydrogen (secondary N) is 1. The van der Waals surface area contributed by atoms with E-state index in [0.717, 1.165) is 46.4 Å². The fourth-order valence-electron chi connectivity index (χ4n) is 2.89. The van der Waals surface area contributed by atoms with Crippen LogP contribution in [0.15, 0.2) is 30.3 Å². The van der Waals surface area contributed by atoms with Crippen molar-refractivity contribution in [1.29, 1.82) is 0 Å². The van der Waals surface area contributed by atoms with Gasteiger partial charge < -0.3 is 19.5 Å². The number of halogens is 2. The second-order valence-corrected chi connectivity index (χ2v) is 6.91.